The second-order valence-corrected chi connectivity index (χ2v) is 7.39. The normalized spacial score (nSPS) is 19.0. The Kier molecular flexibility index (Phi) is 6.27. The van der Waals surface area contributed by atoms with Gasteiger partial charge in [0.25, 0.3) is 0 Å². The Morgan fingerprint density at radius 1 is 1.19 bits per heavy atom. The predicted octanol–water partition coefficient (Wildman–Crippen LogP) is 4.87. The van der Waals surface area contributed by atoms with Crippen molar-refractivity contribution in [1.82, 2.24) is 10.6 Å². The van der Waals surface area contributed by atoms with Crippen molar-refractivity contribution in [3.05, 3.63) is 69.9 Å². The van der Waals surface area contributed by atoms with Crippen LogP contribution in [0.15, 0.2) is 53.0 Å². The monoisotopic (exact) mass is 420 g/mol. The Hall–Kier alpha value is -1.92. The molecule has 26 heavy (non-hydrogen) atoms. The van der Waals surface area contributed by atoms with Gasteiger partial charge in [0.15, 0.2) is 0 Å². The zero-order valence-electron chi connectivity index (χ0n) is 14.5. The summed E-state index contributed by atoms with van der Waals surface area (Å²) >= 11 is 3.44. The highest BCUT2D eigenvalue weighted by molar-refractivity contribution is 9.10. The van der Waals surface area contributed by atoms with E-state index in [0.29, 0.717) is 6.61 Å². The van der Waals surface area contributed by atoms with E-state index in [1.54, 1.807) is 12.1 Å². The third-order valence-electron chi connectivity index (χ3n) is 4.55. The SMILES string of the molecule is CC(NC(=O)NC(c1ccc(F)cc1)C1CCCO1)c1cccc(Br)c1. The van der Waals surface area contributed by atoms with Crippen molar-refractivity contribution in [2.45, 2.75) is 38.0 Å². The maximum absolute atomic E-state index is 13.2. The predicted molar refractivity (Wildman–Crippen MR) is 102 cm³/mol. The van der Waals surface area contributed by atoms with Gasteiger partial charge in [0.2, 0.25) is 0 Å². The first-order chi connectivity index (χ1) is 12.5. The van der Waals surface area contributed by atoms with Gasteiger partial charge in [0, 0.05) is 11.1 Å². The van der Waals surface area contributed by atoms with Crippen LogP contribution in [-0.4, -0.2) is 18.7 Å². The van der Waals surface area contributed by atoms with Crippen LogP contribution in [0.1, 0.15) is 43.0 Å². The van der Waals surface area contributed by atoms with Gasteiger partial charge in [-0.1, -0.05) is 40.2 Å². The number of carbonyl (C=O) groups is 1. The number of rotatable bonds is 5. The average Bonchev–Trinajstić information content (AvgIpc) is 3.15. The molecule has 1 heterocycles. The molecule has 1 aliphatic rings. The Labute approximate surface area is 161 Å². The minimum atomic E-state index is -0.312. The fraction of sp³-hybridized carbons (Fsp3) is 0.350. The highest BCUT2D eigenvalue weighted by Gasteiger charge is 2.29. The van der Waals surface area contributed by atoms with E-state index in [-0.39, 0.29) is 30.0 Å². The van der Waals surface area contributed by atoms with Gasteiger partial charge >= 0.3 is 6.03 Å². The van der Waals surface area contributed by atoms with E-state index in [4.69, 9.17) is 4.74 Å². The smallest absolute Gasteiger partial charge is 0.315 e. The zero-order valence-corrected chi connectivity index (χ0v) is 16.1. The summed E-state index contributed by atoms with van der Waals surface area (Å²) in [6, 6.07) is 13.3. The lowest BCUT2D eigenvalue weighted by atomic mass is 9.99. The molecular formula is C20H22BrFN2O2. The van der Waals surface area contributed by atoms with Crippen LogP contribution in [-0.2, 0) is 4.74 Å². The Bertz CT molecular complexity index is 748. The van der Waals surface area contributed by atoms with Crippen molar-refractivity contribution in [1.29, 1.82) is 0 Å². The highest BCUT2D eigenvalue weighted by Crippen LogP contribution is 2.27. The summed E-state index contributed by atoms with van der Waals surface area (Å²) in [5.41, 5.74) is 1.84. The molecule has 0 saturated carbocycles. The van der Waals surface area contributed by atoms with Crippen LogP contribution in [0.5, 0.6) is 0 Å². The largest absolute Gasteiger partial charge is 0.376 e. The van der Waals surface area contributed by atoms with Crippen molar-refractivity contribution in [2.24, 2.45) is 0 Å². The van der Waals surface area contributed by atoms with Crippen LogP contribution < -0.4 is 10.6 Å². The Morgan fingerprint density at radius 3 is 2.62 bits per heavy atom. The van der Waals surface area contributed by atoms with Gasteiger partial charge in [-0.05, 0) is 55.2 Å². The van der Waals surface area contributed by atoms with E-state index in [9.17, 15) is 9.18 Å². The molecule has 0 spiro atoms. The fourth-order valence-corrected chi connectivity index (χ4v) is 3.58. The molecule has 138 valence electrons. The second-order valence-electron chi connectivity index (χ2n) is 6.48. The number of hydrogen-bond donors (Lipinski definition) is 2. The van der Waals surface area contributed by atoms with Crippen molar-refractivity contribution >= 4 is 22.0 Å². The molecule has 4 nitrogen and oxygen atoms in total. The van der Waals surface area contributed by atoms with Gasteiger partial charge in [-0.3, -0.25) is 0 Å². The first-order valence-electron chi connectivity index (χ1n) is 8.72. The maximum atomic E-state index is 13.2. The van der Waals surface area contributed by atoms with Gasteiger partial charge < -0.3 is 15.4 Å². The molecule has 1 fully saturated rings. The van der Waals surface area contributed by atoms with Gasteiger partial charge in [0.05, 0.1) is 18.2 Å². The van der Waals surface area contributed by atoms with Crippen LogP contribution in [0.4, 0.5) is 9.18 Å². The van der Waals surface area contributed by atoms with Gasteiger partial charge in [0.1, 0.15) is 5.82 Å². The molecule has 2 N–H and O–H groups in total. The summed E-state index contributed by atoms with van der Waals surface area (Å²) < 4.78 is 20.0. The van der Waals surface area contributed by atoms with Crippen LogP contribution in [0.25, 0.3) is 0 Å². The summed E-state index contributed by atoms with van der Waals surface area (Å²) in [4.78, 5) is 12.6. The van der Waals surface area contributed by atoms with Crippen molar-refractivity contribution < 1.29 is 13.9 Å². The van der Waals surface area contributed by atoms with Crippen LogP contribution in [0.2, 0.25) is 0 Å². The Morgan fingerprint density at radius 2 is 1.96 bits per heavy atom. The molecule has 2 aromatic carbocycles. The molecule has 1 aliphatic heterocycles. The molecule has 3 unspecified atom stereocenters. The van der Waals surface area contributed by atoms with Crippen molar-refractivity contribution in [3.63, 3.8) is 0 Å². The summed E-state index contributed by atoms with van der Waals surface area (Å²) in [7, 11) is 0. The van der Waals surface area contributed by atoms with Crippen molar-refractivity contribution in [2.75, 3.05) is 6.61 Å². The lowest BCUT2D eigenvalue weighted by Crippen LogP contribution is -2.43. The number of urea groups is 1. The minimum Gasteiger partial charge on any atom is -0.376 e. The molecule has 0 radical (unpaired) electrons. The zero-order chi connectivity index (χ0) is 18.5. The summed E-state index contributed by atoms with van der Waals surface area (Å²) in [5.74, 6) is -0.299. The van der Waals surface area contributed by atoms with Crippen LogP contribution in [0, 0.1) is 5.82 Å². The molecule has 2 aromatic rings. The minimum absolute atomic E-state index is 0.104. The molecule has 6 heteroatoms. The summed E-state index contributed by atoms with van der Waals surface area (Å²) in [6.07, 6.45) is 1.72. The fourth-order valence-electron chi connectivity index (χ4n) is 3.17. The molecule has 1 saturated heterocycles. The number of hydrogen-bond acceptors (Lipinski definition) is 2. The average molecular weight is 421 g/mol. The van der Waals surface area contributed by atoms with E-state index >= 15 is 0 Å². The number of amides is 2. The van der Waals surface area contributed by atoms with E-state index < -0.39 is 0 Å². The first kappa shape index (κ1) is 18.9. The van der Waals surface area contributed by atoms with Crippen LogP contribution >= 0.6 is 15.9 Å². The van der Waals surface area contributed by atoms with Crippen LogP contribution in [0.3, 0.4) is 0 Å². The number of carbonyl (C=O) groups excluding carboxylic acids is 1. The third-order valence-corrected chi connectivity index (χ3v) is 5.04. The number of ether oxygens (including phenoxy) is 1. The van der Waals surface area contributed by atoms with E-state index in [1.807, 2.05) is 31.2 Å². The second kappa shape index (κ2) is 8.64. The standard InChI is InChI=1S/C20H22BrFN2O2/c1-13(15-4-2-5-16(21)12-15)23-20(25)24-19(18-6-3-11-26-18)14-7-9-17(22)10-8-14/h2,4-5,7-10,12-13,18-19H,3,6,11H2,1H3,(H2,23,24,25). The lowest BCUT2D eigenvalue weighted by Gasteiger charge is -2.26. The summed E-state index contributed by atoms with van der Waals surface area (Å²) in [5, 5.41) is 5.96. The number of nitrogens with one attached hydrogen (secondary N) is 2. The molecule has 0 aromatic heterocycles. The van der Waals surface area contributed by atoms with Gasteiger partial charge in [-0.15, -0.1) is 0 Å². The molecule has 3 atom stereocenters. The highest BCUT2D eigenvalue weighted by atomic mass is 79.9. The molecule has 3 rings (SSSR count). The van der Waals surface area contributed by atoms with Gasteiger partial charge in [-0.2, -0.15) is 0 Å². The van der Waals surface area contributed by atoms with E-state index in [2.05, 4.69) is 26.6 Å². The molecule has 2 amide bonds. The van der Waals surface area contributed by atoms with E-state index in [1.165, 1.54) is 12.1 Å². The lowest BCUT2D eigenvalue weighted by molar-refractivity contribution is 0.0806. The third kappa shape index (κ3) is 4.83. The summed E-state index contributed by atoms with van der Waals surface area (Å²) in [6.45, 7) is 2.61. The van der Waals surface area contributed by atoms with Crippen molar-refractivity contribution in [3.8, 4) is 0 Å². The molecule has 0 aliphatic carbocycles. The maximum Gasteiger partial charge on any atom is 0.315 e. The Balaban J connectivity index is 1.69. The molecule has 0 bridgehead atoms. The first-order valence-corrected chi connectivity index (χ1v) is 9.52. The quantitative estimate of drug-likeness (QED) is 0.724. The number of halogens is 2. The topological polar surface area (TPSA) is 50.4 Å². The van der Waals surface area contributed by atoms with Gasteiger partial charge in [-0.25, -0.2) is 9.18 Å². The molecular weight excluding hydrogens is 399 g/mol. The number of benzene rings is 2. The van der Waals surface area contributed by atoms with E-state index in [0.717, 1.165) is 28.4 Å².